The lowest BCUT2D eigenvalue weighted by Gasteiger charge is -2.14. The fourth-order valence-electron chi connectivity index (χ4n) is 2.57. The first-order chi connectivity index (χ1) is 9.68. The molecule has 0 unspecified atom stereocenters. The Kier molecular flexibility index (Phi) is 1.99. The van der Waals surface area contributed by atoms with Gasteiger partial charge in [-0.2, -0.15) is 0 Å². The average Bonchev–Trinajstić information content (AvgIpc) is 2.84. The van der Waals surface area contributed by atoms with Crippen molar-refractivity contribution in [2.75, 3.05) is 0 Å². The van der Waals surface area contributed by atoms with Gasteiger partial charge in [0, 0.05) is 17.3 Å². The molecule has 1 aliphatic carbocycles. The number of hydrogen-bond donors (Lipinski definition) is 0. The summed E-state index contributed by atoms with van der Waals surface area (Å²) in [5, 5.41) is 0. The Hall–Kier alpha value is -2.82. The molecule has 0 saturated heterocycles. The zero-order chi connectivity index (χ0) is 13.9. The molecule has 20 heavy (non-hydrogen) atoms. The first-order valence-electron chi connectivity index (χ1n) is 6.03. The van der Waals surface area contributed by atoms with E-state index in [1.165, 1.54) is 22.6 Å². The van der Waals surface area contributed by atoms with E-state index >= 15 is 0 Å². The standard InChI is InChI=1S/C15H7FN2O2/c16-9-5-3-4-8-11(9)12-13(15(20)14(8)19)18-7-2-1-6-10(18)17-12/h1-7H. The average molecular weight is 266 g/mol. The minimum atomic E-state index is -0.697. The number of benzene rings is 1. The Morgan fingerprint density at radius 1 is 1.00 bits per heavy atom. The molecule has 3 aromatic rings. The maximum atomic E-state index is 14.1. The highest BCUT2D eigenvalue weighted by Crippen LogP contribution is 2.35. The second-order valence-corrected chi connectivity index (χ2v) is 4.56. The van der Waals surface area contributed by atoms with Crippen LogP contribution in [-0.4, -0.2) is 21.0 Å². The third-order valence-corrected chi connectivity index (χ3v) is 3.45. The lowest BCUT2D eigenvalue weighted by atomic mass is 9.90. The normalized spacial score (nSPS) is 13.4. The van der Waals surface area contributed by atoms with Crippen molar-refractivity contribution in [3.8, 4) is 11.3 Å². The van der Waals surface area contributed by atoms with Gasteiger partial charge in [0.2, 0.25) is 5.78 Å². The zero-order valence-electron chi connectivity index (χ0n) is 10.1. The molecule has 0 aliphatic heterocycles. The molecule has 0 N–H and O–H groups in total. The monoisotopic (exact) mass is 266 g/mol. The lowest BCUT2D eigenvalue weighted by Crippen LogP contribution is -2.23. The van der Waals surface area contributed by atoms with Gasteiger partial charge in [-0.15, -0.1) is 0 Å². The molecule has 0 radical (unpaired) electrons. The third kappa shape index (κ3) is 1.21. The van der Waals surface area contributed by atoms with E-state index in [4.69, 9.17) is 0 Å². The molecule has 0 amide bonds. The fourth-order valence-corrected chi connectivity index (χ4v) is 2.57. The molecular formula is C15H7FN2O2. The highest BCUT2D eigenvalue weighted by atomic mass is 19.1. The number of rotatable bonds is 0. The predicted molar refractivity (Wildman–Crippen MR) is 69.2 cm³/mol. The van der Waals surface area contributed by atoms with Gasteiger partial charge in [-0.3, -0.25) is 14.0 Å². The van der Waals surface area contributed by atoms with Crippen molar-refractivity contribution in [3.05, 3.63) is 59.7 Å². The summed E-state index contributed by atoms with van der Waals surface area (Å²) in [6.45, 7) is 0. The maximum absolute atomic E-state index is 14.1. The summed E-state index contributed by atoms with van der Waals surface area (Å²) >= 11 is 0. The molecular weight excluding hydrogens is 259 g/mol. The number of halogens is 1. The number of hydrogen-bond acceptors (Lipinski definition) is 3. The van der Waals surface area contributed by atoms with Gasteiger partial charge in [-0.05, 0) is 18.2 Å². The summed E-state index contributed by atoms with van der Waals surface area (Å²) < 4.78 is 15.6. The van der Waals surface area contributed by atoms with E-state index < -0.39 is 17.4 Å². The van der Waals surface area contributed by atoms with E-state index in [2.05, 4.69) is 4.98 Å². The van der Waals surface area contributed by atoms with Crippen LogP contribution in [0.3, 0.4) is 0 Å². The van der Waals surface area contributed by atoms with Gasteiger partial charge in [0.15, 0.2) is 0 Å². The summed E-state index contributed by atoms with van der Waals surface area (Å²) in [7, 11) is 0. The highest BCUT2D eigenvalue weighted by molar-refractivity contribution is 6.52. The van der Waals surface area contributed by atoms with Crippen LogP contribution >= 0.6 is 0 Å². The van der Waals surface area contributed by atoms with Crippen LogP contribution in [0.15, 0.2) is 42.6 Å². The van der Waals surface area contributed by atoms with E-state index in [1.807, 2.05) is 0 Å². The Morgan fingerprint density at radius 2 is 1.85 bits per heavy atom. The highest BCUT2D eigenvalue weighted by Gasteiger charge is 2.36. The van der Waals surface area contributed by atoms with Crippen LogP contribution in [0.1, 0.15) is 20.8 Å². The summed E-state index contributed by atoms with van der Waals surface area (Å²) in [6, 6.07) is 9.32. The van der Waals surface area contributed by atoms with Crippen LogP contribution in [0.25, 0.3) is 16.9 Å². The van der Waals surface area contributed by atoms with E-state index in [9.17, 15) is 14.0 Å². The Morgan fingerprint density at radius 3 is 2.70 bits per heavy atom. The fraction of sp³-hybridized carbons (Fsp3) is 0. The van der Waals surface area contributed by atoms with Crippen molar-refractivity contribution >= 4 is 17.2 Å². The van der Waals surface area contributed by atoms with Crippen molar-refractivity contribution in [1.29, 1.82) is 0 Å². The van der Waals surface area contributed by atoms with Crippen molar-refractivity contribution in [1.82, 2.24) is 9.38 Å². The number of aromatic nitrogens is 2. The van der Waals surface area contributed by atoms with Gasteiger partial charge in [0.05, 0.1) is 0 Å². The van der Waals surface area contributed by atoms with Crippen LogP contribution in [0, 0.1) is 5.82 Å². The van der Waals surface area contributed by atoms with Crippen molar-refractivity contribution < 1.29 is 14.0 Å². The quantitative estimate of drug-likeness (QED) is 0.587. The van der Waals surface area contributed by atoms with E-state index in [1.54, 1.807) is 24.4 Å². The molecule has 0 spiro atoms. The van der Waals surface area contributed by atoms with Gasteiger partial charge < -0.3 is 0 Å². The number of carbonyl (C=O) groups excluding carboxylic acids is 2. The van der Waals surface area contributed by atoms with Gasteiger partial charge in [0.1, 0.15) is 22.9 Å². The topological polar surface area (TPSA) is 51.4 Å². The third-order valence-electron chi connectivity index (χ3n) is 3.45. The van der Waals surface area contributed by atoms with Crippen LogP contribution in [0.2, 0.25) is 0 Å². The summed E-state index contributed by atoms with van der Waals surface area (Å²) in [5.74, 6) is -1.90. The van der Waals surface area contributed by atoms with Gasteiger partial charge in [-0.1, -0.05) is 18.2 Å². The number of fused-ring (bicyclic) bond motifs is 5. The zero-order valence-corrected chi connectivity index (χ0v) is 10.1. The SMILES string of the molecule is O=C1C(=O)c2c(nc3ccccn23)-c2c(F)cccc21. The molecule has 0 saturated carbocycles. The van der Waals surface area contributed by atoms with Gasteiger partial charge >= 0.3 is 0 Å². The second kappa shape index (κ2) is 3.60. The van der Waals surface area contributed by atoms with Gasteiger partial charge in [-0.25, -0.2) is 9.37 Å². The van der Waals surface area contributed by atoms with Crippen LogP contribution in [0.4, 0.5) is 4.39 Å². The lowest BCUT2D eigenvalue weighted by molar-refractivity contribution is 0.0811. The molecule has 0 atom stereocenters. The predicted octanol–water partition coefficient (Wildman–Crippen LogP) is 2.52. The first kappa shape index (κ1) is 11.0. The maximum Gasteiger partial charge on any atom is 0.252 e. The van der Waals surface area contributed by atoms with E-state index in [-0.39, 0.29) is 22.5 Å². The first-order valence-corrected chi connectivity index (χ1v) is 6.03. The molecule has 4 nitrogen and oxygen atoms in total. The molecule has 1 aliphatic rings. The molecule has 2 aromatic heterocycles. The number of ketones is 2. The summed E-state index contributed by atoms with van der Waals surface area (Å²) in [6.07, 6.45) is 1.64. The second-order valence-electron chi connectivity index (χ2n) is 4.56. The molecule has 96 valence electrons. The molecule has 1 aromatic carbocycles. The van der Waals surface area contributed by atoms with Crippen molar-refractivity contribution in [2.45, 2.75) is 0 Å². The minimum absolute atomic E-state index is 0.0749. The van der Waals surface area contributed by atoms with Crippen LogP contribution in [-0.2, 0) is 0 Å². The summed E-state index contributed by atoms with van der Waals surface area (Å²) in [5.41, 5.74) is 1.05. The number of nitrogens with zero attached hydrogens (tertiary/aromatic N) is 2. The minimum Gasteiger partial charge on any atom is -0.296 e. The molecule has 0 fully saturated rings. The van der Waals surface area contributed by atoms with Gasteiger partial charge in [0.25, 0.3) is 5.78 Å². The number of imidazole rings is 1. The number of pyridine rings is 1. The molecule has 5 heteroatoms. The molecule has 4 rings (SSSR count). The van der Waals surface area contributed by atoms with E-state index in [0.29, 0.717) is 5.65 Å². The van der Waals surface area contributed by atoms with Crippen molar-refractivity contribution in [2.24, 2.45) is 0 Å². The largest absolute Gasteiger partial charge is 0.296 e. The number of carbonyl (C=O) groups is 2. The molecule has 2 heterocycles. The Bertz CT molecular complexity index is 911. The molecule has 0 bridgehead atoms. The van der Waals surface area contributed by atoms with Crippen LogP contribution in [0.5, 0.6) is 0 Å². The Balaban J connectivity index is 2.22. The summed E-state index contributed by atoms with van der Waals surface area (Å²) in [4.78, 5) is 28.6. The Labute approximate surface area is 112 Å². The van der Waals surface area contributed by atoms with Crippen molar-refractivity contribution in [3.63, 3.8) is 0 Å². The van der Waals surface area contributed by atoms with E-state index in [0.717, 1.165) is 0 Å². The smallest absolute Gasteiger partial charge is 0.252 e. The van der Waals surface area contributed by atoms with Crippen LogP contribution < -0.4 is 0 Å². The number of Topliss-reactive ketones (excluding diaryl/α,β-unsaturated/α-hetero) is 2.